The summed E-state index contributed by atoms with van der Waals surface area (Å²) < 4.78 is 5.58. The van der Waals surface area contributed by atoms with Crippen molar-refractivity contribution in [2.75, 3.05) is 23.4 Å². The Morgan fingerprint density at radius 3 is 2.84 bits per heavy atom. The number of carbonyl (C=O) groups is 2. The number of ether oxygens (including phenoxy) is 1. The molecule has 0 saturated carbocycles. The van der Waals surface area contributed by atoms with E-state index in [1.54, 1.807) is 0 Å². The summed E-state index contributed by atoms with van der Waals surface area (Å²) in [6.45, 7) is 8.13. The lowest BCUT2D eigenvalue weighted by Gasteiger charge is -2.36. The van der Waals surface area contributed by atoms with Crippen LogP contribution in [0.1, 0.15) is 46.4 Å². The summed E-state index contributed by atoms with van der Waals surface area (Å²) >= 11 is 0. The second-order valence-electron chi connectivity index (χ2n) is 8.51. The number of nitrogens with one attached hydrogen (secondary N) is 1. The number of carbonyl (C=O) groups excluding carboxylic acids is 2. The number of anilines is 2. The minimum Gasteiger partial charge on any atom is -0.381 e. The molecule has 2 amide bonds. The molecule has 0 aromatic heterocycles. The summed E-state index contributed by atoms with van der Waals surface area (Å²) in [6.07, 6.45) is 2.70. The summed E-state index contributed by atoms with van der Waals surface area (Å²) in [4.78, 5) is 30.0. The number of allylic oxidation sites excluding steroid dienone is 1. The molecule has 2 aromatic carbocycles. The second-order valence-corrected chi connectivity index (χ2v) is 8.51. The summed E-state index contributed by atoms with van der Waals surface area (Å²) in [5, 5.41) is 2.98. The maximum atomic E-state index is 13.2. The van der Waals surface area contributed by atoms with Gasteiger partial charge < -0.3 is 19.9 Å². The van der Waals surface area contributed by atoms with E-state index in [1.807, 2.05) is 41.0 Å². The van der Waals surface area contributed by atoms with Crippen molar-refractivity contribution in [3.05, 3.63) is 82.7 Å². The predicted octanol–water partition coefficient (Wildman–Crippen LogP) is 3.96. The molecule has 6 nitrogen and oxygen atoms in total. The maximum absolute atomic E-state index is 13.2. The van der Waals surface area contributed by atoms with Gasteiger partial charge in [0.1, 0.15) is 5.70 Å². The van der Waals surface area contributed by atoms with Crippen LogP contribution in [0.3, 0.4) is 0 Å². The molecule has 1 saturated heterocycles. The molecular weight excluding hydrogens is 390 g/mol. The lowest BCUT2D eigenvalue weighted by molar-refractivity contribution is -0.113. The number of rotatable bonds is 2. The Morgan fingerprint density at radius 1 is 1.23 bits per heavy atom. The monoisotopic (exact) mass is 413 g/mol. The number of fused-ring (bicyclic) bond motifs is 6. The average molecular weight is 413 g/mol. The highest BCUT2D eigenvalue weighted by Gasteiger charge is 2.44. The largest absolute Gasteiger partial charge is 0.381 e. The minimum atomic E-state index is -0.189. The van der Waals surface area contributed by atoms with E-state index >= 15 is 0 Å². The zero-order valence-corrected chi connectivity index (χ0v) is 17.4. The highest BCUT2D eigenvalue weighted by Crippen LogP contribution is 2.50. The third-order valence-corrected chi connectivity index (χ3v) is 6.88. The molecule has 4 heterocycles. The van der Waals surface area contributed by atoms with E-state index in [2.05, 4.69) is 30.1 Å². The van der Waals surface area contributed by atoms with Crippen LogP contribution in [0.15, 0.2) is 60.4 Å². The quantitative estimate of drug-likeness (QED) is 0.757. The molecule has 1 N–H and O–H groups in total. The van der Waals surface area contributed by atoms with E-state index in [-0.39, 0.29) is 23.8 Å². The van der Waals surface area contributed by atoms with Crippen molar-refractivity contribution < 1.29 is 14.3 Å². The van der Waals surface area contributed by atoms with E-state index in [0.29, 0.717) is 36.7 Å². The summed E-state index contributed by atoms with van der Waals surface area (Å²) in [6, 6.07) is 12.1. The van der Waals surface area contributed by atoms with Gasteiger partial charge in [0.15, 0.2) is 0 Å². The fourth-order valence-corrected chi connectivity index (χ4v) is 5.33. The van der Waals surface area contributed by atoms with Gasteiger partial charge in [-0.3, -0.25) is 9.59 Å². The van der Waals surface area contributed by atoms with E-state index in [4.69, 9.17) is 4.74 Å². The number of hydrogen-bond donors (Lipinski definition) is 1. The topological polar surface area (TPSA) is 61.9 Å². The minimum absolute atomic E-state index is 0.0136. The lowest BCUT2D eigenvalue weighted by atomic mass is 9.94. The fraction of sp³-hybridized carbons (Fsp3) is 0.280. The van der Waals surface area contributed by atoms with Crippen LogP contribution >= 0.6 is 0 Å². The summed E-state index contributed by atoms with van der Waals surface area (Å²) in [5.74, 6) is -0.0155. The number of benzene rings is 2. The zero-order chi connectivity index (χ0) is 21.3. The standard InChI is InChI=1S/C25H23N3O3/c1-3-21-24(29)26-20-10-19-18(11-22(20)28(21)14(2)16-8-9-31-13-16)23-17-7-5-4-6-15(17)12-27(23)25(19)30/h3-7,10-11,16,23H,2,8-9,12-13H2,1H3,(H,26,29)/b21-3-. The van der Waals surface area contributed by atoms with Crippen molar-refractivity contribution in [2.24, 2.45) is 5.92 Å². The van der Waals surface area contributed by atoms with E-state index in [9.17, 15) is 9.59 Å². The van der Waals surface area contributed by atoms with E-state index in [0.717, 1.165) is 23.4 Å². The predicted molar refractivity (Wildman–Crippen MR) is 118 cm³/mol. The molecule has 2 aromatic rings. The van der Waals surface area contributed by atoms with Crippen molar-refractivity contribution >= 4 is 23.2 Å². The normalized spacial score (nSPS) is 24.7. The lowest BCUT2D eigenvalue weighted by Crippen LogP contribution is -2.37. The number of hydrogen-bond acceptors (Lipinski definition) is 4. The molecule has 2 unspecified atom stereocenters. The molecule has 31 heavy (non-hydrogen) atoms. The molecule has 4 aliphatic rings. The molecule has 2 atom stereocenters. The van der Waals surface area contributed by atoms with Gasteiger partial charge in [-0.2, -0.15) is 0 Å². The van der Waals surface area contributed by atoms with Crippen LogP contribution in [-0.2, 0) is 16.1 Å². The summed E-state index contributed by atoms with van der Waals surface area (Å²) in [5.41, 5.74) is 6.94. The zero-order valence-electron chi connectivity index (χ0n) is 17.4. The van der Waals surface area contributed by atoms with Gasteiger partial charge >= 0.3 is 0 Å². The van der Waals surface area contributed by atoms with Crippen LogP contribution in [0.25, 0.3) is 0 Å². The van der Waals surface area contributed by atoms with Crippen LogP contribution in [0.5, 0.6) is 0 Å². The van der Waals surface area contributed by atoms with Gasteiger partial charge in [0.05, 0.1) is 24.0 Å². The first kappa shape index (κ1) is 18.4. The number of amides is 2. The highest BCUT2D eigenvalue weighted by molar-refractivity contribution is 6.14. The van der Waals surface area contributed by atoms with Crippen molar-refractivity contribution in [2.45, 2.75) is 25.9 Å². The van der Waals surface area contributed by atoms with E-state index in [1.165, 1.54) is 11.1 Å². The van der Waals surface area contributed by atoms with E-state index < -0.39 is 0 Å². The molecule has 1 fully saturated rings. The molecule has 0 spiro atoms. The molecule has 0 aliphatic carbocycles. The van der Waals surface area contributed by atoms with Gasteiger partial charge in [0.2, 0.25) is 0 Å². The average Bonchev–Trinajstić information content (AvgIpc) is 3.49. The molecule has 0 radical (unpaired) electrons. The highest BCUT2D eigenvalue weighted by atomic mass is 16.5. The van der Waals surface area contributed by atoms with Gasteiger partial charge in [-0.1, -0.05) is 36.9 Å². The van der Waals surface area contributed by atoms with Gasteiger partial charge in [0, 0.05) is 30.3 Å². The van der Waals surface area contributed by atoms with Crippen LogP contribution in [-0.4, -0.2) is 29.9 Å². The molecule has 0 bridgehead atoms. The summed E-state index contributed by atoms with van der Waals surface area (Å²) in [7, 11) is 0. The first-order chi connectivity index (χ1) is 15.1. The molecule has 156 valence electrons. The van der Waals surface area contributed by atoms with Crippen molar-refractivity contribution in [3.8, 4) is 0 Å². The fourth-order valence-electron chi connectivity index (χ4n) is 5.33. The SMILES string of the molecule is C=C(C1CCOC1)N1/C(=C\C)C(=O)Nc2cc3c(cc21)C1c2ccccc2CN1C3=O. The first-order valence-electron chi connectivity index (χ1n) is 10.7. The maximum Gasteiger partial charge on any atom is 0.272 e. The van der Waals surface area contributed by atoms with Gasteiger partial charge in [0.25, 0.3) is 11.8 Å². The Hall–Kier alpha value is -3.38. The Kier molecular flexibility index (Phi) is 3.89. The Balaban J connectivity index is 1.52. The van der Waals surface area contributed by atoms with Crippen molar-refractivity contribution in [1.29, 1.82) is 0 Å². The Labute approximate surface area is 180 Å². The third kappa shape index (κ3) is 2.48. The van der Waals surface area contributed by atoms with Crippen LogP contribution in [0.2, 0.25) is 0 Å². The second kappa shape index (κ2) is 6.56. The Bertz CT molecular complexity index is 1190. The third-order valence-electron chi connectivity index (χ3n) is 6.88. The van der Waals surface area contributed by atoms with Crippen molar-refractivity contribution in [3.63, 3.8) is 0 Å². The van der Waals surface area contributed by atoms with Crippen LogP contribution in [0, 0.1) is 5.92 Å². The molecular formula is C25H23N3O3. The smallest absolute Gasteiger partial charge is 0.272 e. The van der Waals surface area contributed by atoms with Gasteiger partial charge in [-0.25, -0.2) is 0 Å². The molecule has 4 aliphatic heterocycles. The molecule has 6 rings (SSSR count). The van der Waals surface area contributed by atoms with Crippen LogP contribution < -0.4 is 10.2 Å². The van der Waals surface area contributed by atoms with Crippen LogP contribution in [0.4, 0.5) is 11.4 Å². The van der Waals surface area contributed by atoms with Crippen molar-refractivity contribution in [1.82, 2.24) is 4.90 Å². The van der Waals surface area contributed by atoms with Gasteiger partial charge in [-0.15, -0.1) is 0 Å². The Morgan fingerprint density at radius 2 is 2.06 bits per heavy atom. The molecule has 6 heteroatoms. The first-order valence-corrected chi connectivity index (χ1v) is 10.7. The number of nitrogens with zero attached hydrogens (tertiary/aromatic N) is 2. The van der Waals surface area contributed by atoms with Gasteiger partial charge in [-0.05, 0) is 42.2 Å².